The van der Waals surface area contributed by atoms with Gasteiger partial charge < -0.3 is 22.4 Å². The van der Waals surface area contributed by atoms with E-state index in [0.717, 1.165) is 4.57 Å². The zero-order chi connectivity index (χ0) is 37.7. The van der Waals surface area contributed by atoms with Gasteiger partial charge in [-0.15, -0.1) is 4.68 Å². The zero-order valence-electron chi connectivity index (χ0n) is 24.5. The summed E-state index contributed by atoms with van der Waals surface area (Å²) >= 11 is 0. The molecular formula is C29H20BF16N3O. The molecule has 1 aliphatic rings. The van der Waals surface area contributed by atoms with Crippen molar-refractivity contribution in [1.82, 2.24) is 9.78 Å². The van der Waals surface area contributed by atoms with Gasteiger partial charge in [0.15, 0.2) is 0 Å². The summed E-state index contributed by atoms with van der Waals surface area (Å²) in [7, 11) is -6.00. The summed E-state index contributed by atoms with van der Waals surface area (Å²) in [5.41, 5.74) is -12.7. The van der Waals surface area contributed by atoms with Crippen LogP contribution in [0.4, 0.5) is 69.9 Å². The van der Waals surface area contributed by atoms with E-state index in [2.05, 4.69) is 5.10 Å². The van der Waals surface area contributed by atoms with Crippen LogP contribution in [0.5, 0.6) is 0 Å². The molecule has 0 bridgehead atoms. The highest BCUT2D eigenvalue weighted by Gasteiger charge is 2.52. The summed E-state index contributed by atoms with van der Waals surface area (Å²) in [5.74, 6) is 0.139. The first-order valence-corrected chi connectivity index (χ1v) is 13.9. The molecule has 272 valence electrons. The zero-order valence-corrected chi connectivity index (χ0v) is 24.5. The Morgan fingerprint density at radius 3 is 1.36 bits per heavy atom. The lowest BCUT2D eigenvalue weighted by Crippen LogP contribution is -2.50. The first-order chi connectivity index (χ1) is 22.7. The van der Waals surface area contributed by atoms with Crippen molar-refractivity contribution < 1.29 is 79.6 Å². The molecule has 21 heteroatoms. The monoisotopic (exact) mass is 741 g/mol. The van der Waals surface area contributed by atoms with Crippen molar-refractivity contribution >= 4 is 7.25 Å². The van der Waals surface area contributed by atoms with Gasteiger partial charge in [0.25, 0.3) is 5.82 Å². The van der Waals surface area contributed by atoms with Crippen LogP contribution in [0, 0.1) is 0 Å². The van der Waals surface area contributed by atoms with Gasteiger partial charge in [0.1, 0.15) is 18.2 Å². The third-order valence-corrected chi connectivity index (χ3v) is 7.50. The van der Waals surface area contributed by atoms with Gasteiger partial charge in [-0.1, -0.05) is 30.3 Å². The van der Waals surface area contributed by atoms with E-state index < -0.39 is 77.0 Å². The Labute approximate surface area is 270 Å². The van der Waals surface area contributed by atoms with Gasteiger partial charge in [-0.05, 0) is 59.5 Å². The molecule has 0 radical (unpaired) electrons. The van der Waals surface area contributed by atoms with Gasteiger partial charge in [0.2, 0.25) is 6.33 Å². The first kappa shape index (κ1) is 38.5. The lowest BCUT2D eigenvalue weighted by molar-refractivity contribution is -0.731. The smallest absolute Gasteiger partial charge is 0.418 e. The van der Waals surface area contributed by atoms with Crippen molar-refractivity contribution in [1.29, 1.82) is 0 Å². The average molecular weight is 741 g/mol. The molecule has 0 aliphatic carbocycles. The molecule has 0 saturated carbocycles. The second-order valence-electron chi connectivity index (χ2n) is 11.0. The predicted molar refractivity (Wildman–Crippen MR) is 141 cm³/mol. The Bertz CT molecular complexity index is 1660. The molecule has 50 heavy (non-hydrogen) atoms. The molecule has 4 aromatic rings. The maximum absolute atomic E-state index is 13.8. The predicted octanol–water partition coefficient (Wildman–Crippen LogP) is 9.02. The van der Waals surface area contributed by atoms with Crippen molar-refractivity contribution in [2.24, 2.45) is 0 Å². The molecule has 5 rings (SSSR count). The SMILES string of the molecule is F[B-](F)(F)F.OC(c1cc(C(F)(F)F)cc(C(F)(F)F)c1)(c1cc(C(F)(F)F)cc(C(F)(F)F)c1)[C@@H]1CCc2nn(Cc3ccccc3)c[n+]21. The number of aliphatic hydroxyl groups is 1. The number of aromatic nitrogens is 3. The Hall–Kier alpha value is -4.30. The van der Waals surface area contributed by atoms with Crippen LogP contribution in [0.15, 0.2) is 73.1 Å². The molecule has 1 atom stereocenters. The lowest BCUT2D eigenvalue weighted by atomic mass is 9.77. The van der Waals surface area contributed by atoms with E-state index in [0.29, 0.717) is 5.56 Å². The molecule has 4 nitrogen and oxygen atoms in total. The van der Waals surface area contributed by atoms with E-state index in [1.165, 1.54) is 11.0 Å². The minimum atomic E-state index is -6.00. The van der Waals surface area contributed by atoms with Crippen molar-refractivity contribution in [3.05, 3.63) is 118 Å². The number of fused-ring (bicyclic) bond motifs is 1. The highest BCUT2D eigenvalue weighted by molar-refractivity contribution is 6.50. The quantitative estimate of drug-likeness (QED) is 0.126. The fraction of sp³-hybridized carbons (Fsp3) is 0.310. The number of halogens is 16. The highest BCUT2D eigenvalue weighted by Crippen LogP contribution is 2.48. The van der Waals surface area contributed by atoms with Crippen LogP contribution in [0.2, 0.25) is 0 Å². The van der Waals surface area contributed by atoms with Gasteiger partial charge in [-0.3, -0.25) is 0 Å². The molecule has 1 N–H and O–H groups in total. The molecule has 0 spiro atoms. The molecule has 0 fully saturated rings. The van der Waals surface area contributed by atoms with E-state index in [4.69, 9.17) is 0 Å². The van der Waals surface area contributed by atoms with Crippen molar-refractivity contribution in [3.8, 4) is 0 Å². The van der Waals surface area contributed by atoms with Crippen LogP contribution >= 0.6 is 0 Å². The van der Waals surface area contributed by atoms with Gasteiger partial charge in [-0.25, -0.2) is 4.57 Å². The minimum Gasteiger partial charge on any atom is -0.418 e. The summed E-state index contributed by atoms with van der Waals surface area (Å²) in [4.78, 5) is 0. The molecule has 2 heterocycles. The van der Waals surface area contributed by atoms with Crippen LogP contribution in [0.25, 0.3) is 0 Å². The molecule has 3 aromatic carbocycles. The van der Waals surface area contributed by atoms with E-state index in [1.807, 2.05) is 0 Å². The van der Waals surface area contributed by atoms with E-state index in [-0.39, 0.29) is 61.6 Å². The maximum Gasteiger partial charge on any atom is 0.673 e. The summed E-state index contributed by atoms with van der Waals surface area (Å²) in [5, 5.41) is 16.5. The van der Waals surface area contributed by atoms with Gasteiger partial charge in [0.05, 0.1) is 22.3 Å². The van der Waals surface area contributed by atoms with Gasteiger partial charge in [0, 0.05) is 11.5 Å². The van der Waals surface area contributed by atoms with Crippen molar-refractivity contribution in [3.63, 3.8) is 0 Å². The normalized spacial score (nSPS) is 15.8. The molecule has 0 amide bonds. The van der Waals surface area contributed by atoms with E-state index >= 15 is 0 Å². The fourth-order valence-electron chi connectivity index (χ4n) is 5.44. The minimum absolute atomic E-state index is 0.0645. The number of nitrogens with zero attached hydrogens (tertiary/aromatic N) is 3. The lowest BCUT2D eigenvalue weighted by Gasteiger charge is -2.35. The highest BCUT2D eigenvalue weighted by atomic mass is 19.5. The Morgan fingerprint density at radius 2 is 1.00 bits per heavy atom. The van der Waals surface area contributed by atoms with Crippen LogP contribution in [-0.4, -0.2) is 22.1 Å². The number of aryl methyl sites for hydroxylation is 1. The van der Waals surface area contributed by atoms with Crippen LogP contribution in [0.1, 0.15) is 57.2 Å². The van der Waals surface area contributed by atoms with Crippen molar-refractivity contribution in [2.75, 3.05) is 0 Å². The Balaban J connectivity index is 0.00000105. The number of rotatable bonds is 5. The summed E-state index contributed by atoms with van der Waals surface area (Å²) in [6, 6.07) is 6.75. The van der Waals surface area contributed by atoms with Crippen molar-refractivity contribution in [2.45, 2.75) is 55.7 Å². The van der Waals surface area contributed by atoms with Crippen LogP contribution < -0.4 is 4.57 Å². The third-order valence-electron chi connectivity index (χ3n) is 7.50. The largest absolute Gasteiger partial charge is 0.673 e. The van der Waals surface area contributed by atoms with Gasteiger partial charge >= 0.3 is 32.0 Å². The standard InChI is InChI=1S/C29H20F12N3O.BF4/c30-26(31,32)19-8-17(9-20(12-19)27(33,34)35)25(45,18-10-21(28(36,37)38)13-22(11-18)29(39,40)41)23-6-7-24-42-43(15-44(23)24)14-16-4-2-1-3-5-16;2-1(3,4)5/h1-5,8-13,15,23,45H,6-7,14H2;/q+1;-1/t23-;/m0./s1. The first-order valence-electron chi connectivity index (χ1n) is 13.9. The topological polar surface area (TPSA) is 41.9 Å². The Morgan fingerprint density at radius 1 is 0.640 bits per heavy atom. The second kappa shape index (κ2) is 13.1. The number of hydrogen-bond acceptors (Lipinski definition) is 2. The molecular weight excluding hydrogens is 721 g/mol. The van der Waals surface area contributed by atoms with Crippen LogP contribution in [-0.2, 0) is 43.3 Å². The molecule has 0 unspecified atom stereocenters. The molecule has 0 saturated heterocycles. The number of hydrogen-bond donors (Lipinski definition) is 1. The van der Waals surface area contributed by atoms with E-state index in [1.54, 1.807) is 30.3 Å². The fourth-order valence-corrected chi connectivity index (χ4v) is 5.44. The number of benzene rings is 3. The summed E-state index contributed by atoms with van der Waals surface area (Å²) in [6.45, 7) is 0.107. The maximum atomic E-state index is 13.8. The Kier molecular flexibility index (Phi) is 10.1. The van der Waals surface area contributed by atoms with Gasteiger partial charge in [-0.2, -0.15) is 52.7 Å². The van der Waals surface area contributed by atoms with E-state index in [9.17, 15) is 75.1 Å². The summed E-state index contributed by atoms with van der Waals surface area (Å²) < 4.78 is 207. The molecule has 1 aliphatic heterocycles. The third kappa shape index (κ3) is 8.89. The summed E-state index contributed by atoms with van der Waals surface area (Å²) in [6.07, 6.45) is -20.9. The second-order valence-corrected chi connectivity index (χ2v) is 11.0. The average Bonchev–Trinajstić information content (AvgIpc) is 3.54. The number of alkyl halides is 12. The molecule has 1 aromatic heterocycles. The van der Waals surface area contributed by atoms with Crippen LogP contribution in [0.3, 0.4) is 0 Å².